The first-order valence-electron chi connectivity index (χ1n) is 6.86. The quantitative estimate of drug-likeness (QED) is 0.815. The summed E-state index contributed by atoms with van der Waals surface area (Å²) < 4.78 is 41.5. The van der Waals surface area contributed by atoms with Crippen molar-refractivity contribution in [2.24, 2.45) is 0 Å². The van der Waals surface area contributed by atoms with Gasteiger partial charge in [-0.15, -0.1) is 0 Å². The van der Waals surface area contributed by atoms with Gasteiger partial charge in [0, 0.05) is 6.54 Å². The van der Waals surface area contributed by atoms with Crippen LogP contribution in [0, 0.1) is 0 Å². The predicted octanol–water partition coefficient (Wildman–Crippen LogP) is 4.12. The highest BCUT2D eigenvalue weighted by atomic mass is 19.4. The van der Waals surface area contributed by atoms with Crippen molar-refractivity contribution in [2.75, 3.05) is 13.1 Å². The first-order chi connectivity index (χ1) is 9.31. The Labute approximate surface area is 118 Å². The average molecular weight is 289 g/mol. The topological polar surface area (TPSA) is 21.3 Å². The molecule has 0 aliphatic carbocycles. The van der Waals surface area contributed by atoms with Crippen LogP contribution in [0.5, 0.6) is 5.75 Å². The molecule has 0 radical (unpaired) electrons. The van der Waals surface area contributed by atoms with E-state index in [0.717, 1.165) is 6.42 Å². The SMILES string of the molecule is CCC(C)c1ccc(OC(C)CNCC(F)(F)F)cc1. The molecule has 0 fully saturated rings. The van der Waals surface area contributed by atoms with Gasteiger partial charge in [0.25, 0.3) is 0 Å². The monoisotopic (exact) mass is 289 g/mol. The van der Waals surface area contributed by atoms with E-state index in [-0.39, 0.29) is 12.6 Å². The van der Waals surface area contributed by atoms with E-state index in [1.54, 1.807) is 6.92 Å². The van der Waals surface area contributed by atoms with E-state index in [0.29, 0.717) is 11.7 Å². The zero-order valence-electron chi connectivity index (χ0n) is 12.1. The lowest BCUT2D eigenvalue weighted by molar-refractivity contribution is -0.125. The van der Waals surface area contributed by atoms with Crippen molar-refractivity contribution in [3.8, 4) is 5.75 Å². The second-order valence-corrected chi connectivity index (χ2v) is 5.05. The van der Waals surface area contributed by atoms with Gasteiger partial charge in [0.15, 0.2) is 0 Å². The number of nitrogens with one attached hydrogen (secondary N) is 1. The average Bonchev–Trinajstić information content (AvgIpc) is 2.37. The van der Waals surface area contributed by atoms with Gasteiger partial charge in [-0.1, -0.05) is 26.0 Å². The van der Waals surface area contributed by atoms with E-state index in [9.17, 15) is 13.2 Å². The lowest BCUT2D eigenvalue weighted by Crippen LogP contribution is -2.35. The molecular weight excluding hydrogens is 267 g/mol. The molecule has 0 saturated carbocycles. The summed E-state index contributed by atoms with van der Waals surface area (Å²) in [5.41, 5.74) is 1.24. The molecule has 0 heterocycles. The predicted molar refractivity (Wildman–Crippen MR) is 74.2 cm³/mol. The third kappa shape index (κ3) is 6.28. The molecular formula is C15H22F3NO. The van der Waals surface area contributed by atoms with E-state index >= 15 is 0 Å². The first kappa shape index (κ1) is 16.8. The number of rotatable bonds is 7. The van der Waals surface area contributed by atoms with Crippen molar-refractivity contribution < 1.29 is 17.9 Å². The molecule has 114 valence electrons. The van der Waals surface area contributed by atoms with Gasteiger partial charge in [0.2, 0.25) is 0 Å². The van der Waals surface area contributed by atoms with Gasteiger partial charge in [-0.3, -0.25) is 0 Å². The molecule has 20 heavy (non-hydrogen) atoms. The maximum atomic E-state index is 12.0. The van der Waals surface area contributed by atoms with E-state index in [1.165, 1.54) is 5.56 Å². The number of halogens is 3. The molecule has 1 N–H and O–H groups in total. The van der Waals surface area contributed by atoms with Crippen LogP contribution in [-0.2, 0) is 0 Å². The molecule has 2 unspecified atom stereocenters. The van der Waals surface area contributed by atoms with Gasteiger partial charge >= 0.3 is 6.18 Å². The molecule has 0 spiro atoms. The fourth-order valence-electron chi connectivity index (χ4n) is 1.80. The summed E-state index contributed by atoms with van der Waals surface area (Å²) in [5, 5.41) is 2.33. The van der Waals surface area contributed by atoms with Crippen LogP contribution < -0.4 is 10.1 Å². The van der Waals surface area contributed by atoms with Gasteiger partial charge in [-0.05, 0) is 37.0 Å². The fourth-order valence-corrected chi connectivity index (χ4v) is 1.80. The highest BCUT2D eigenvalue weighted by Gasteiger charge is 2.26. The first-order valence-corrected chi connectivity index (χ1v) is 6.86. The molecule has 1 aromatic rings. The van der Waals surface area contributed by atoms with Crippen LogP contribution in [0.15, 0.2) is 24.3 Å². The van der Waals surface area contributed by atoms with Gasteiger partial charge < -0.3 is 10.1 Å². The Kier molecular flexibility index (Phi) is 6.33. The number of alkyl halides is 3. The normalized spacial score (nSPS) is 14.9. The van der Waals surface area contributed by atoms with Crippen LogP contribution in [0.4, 0.5) is 13.2 Å². The maximum Gasteiger partial charge on any atom is 0.401 e. The molecule has 1 rings (SSSR count). The molecule has 0 amide bonds. The Balaban J connectivity index is 2.40. The number of hydrogen-bond acceptors (Lipinski definition) is 2. The second-order valence-electron chi connectivity index (χ2n) is 5.05. The zero-order valence-corrected chi connectivity index (χ0v) is 12.1. The molecule has 0 aromatic heterocycles. The van der Waals surface area contributed by atoms with Crippen LogP contribution in [0.3, 0.4) is 0 Å². The molecule has 5 heteroatoms. The molecule has 0 aliphatic heterocycles. The summed E-state index contributed by atoms with van der Waals surface area (Å²) in [6.45, 7) is 5.19. The van der Waals surface area contributed by atoms with Crippen molar-refractivity contribution in [1.29, 1.82) is 0 Å². The van der Waals surface area contributed by atoms with Gasteiger partial charge in [-0.2, -0.15) is 13.2 Å². The van der Waals surface area contributed by atoms with Gasteiger partial charge in [-0.25, -0.2) is 0 Å². The van der Waals surface area contributed by atoms with E-state index in [4.69, 9.17) is 4.74 Å². The lowest BCUT2D eigenvalue weighted by atomic mass is 9.99. The van der Waals surface area contributed by atoms with Gasteiger partial charge in [0.1, 0.15) is 11.9 Å². The summed E-state index contributed by atoms with van der Waals surface area (Å²) in [4.78, 5) is 0. The second kappa shape index (κ2) is 7.53. The van der Waals surface area contributed by atoms with Crippen LogP contribution in [-0.4, -0.2) is 25.4 Å². The summed E-state index contributed by atoms with van der Waals surface area (Å²) >= 11 is 0. The van der Waals surface area contributed by atoms with Crippen molar-refractivity contribution in [1.82, 2.24) is 5.32 Å². The van der Waals surface area contributed by atoms with E-state index in [1.807, 2.05) is 24.3 Å². The van der Waals surface area contributed by atoms with Crippen molar-refractivity contribution >= 4 is 0 Å². The lowest BCUT2D eigenvalue weighted by Gasteiger charge is -2.17. The highest BCUT2D eigenvalue weighted by Crippen LogP contribution is 2.22. The minimum absolute atomic E-state index is 0.159. The summed E-state index contributed by atoms with van der Waals surface area (Å²) in [6.07, 6.45) is -3.43. The molecule has 0 saturated heterocycles. The Morgan fingerprint density at radius 2 is 1.75 bits per heavy atom. The number of benzene rings is 1. The molecule has 2 atom stereocenters. The third-order valence-corrected chi connectivity index (χ3v) is 3.16. The van der Waals surface area contributed by atoms with Crippen molar-refractivity contribution in [3.63, 3.8) is 0 Å². The summed E-state index contributed by atoms with van der Waals surface area (Å²) in [7, 11) is 0. The Morgan fingerprint density at radius 3 is 2.25 bits per heavy atom. The Bertz CT molecular complexity index is 389. The van der Waals surface area contributed by atoms with Crippen LogP contribution in [0.2, 0.25) is 0 Å². The minimum atomic E-state index is -4.18. The minimum Gasteiger partial charge on any atom is -0.489 e. The standard InChI is InChI=1S/C15H22F3NO/c1-4-11(2)13-5-7-14(8-6-13)20-12(3)9-19-10-15(16,17)18/h5-8,11-12,19H,4,9-10H2,1-3H3. The summed E-state index contributed by atoms with van der Waals surface area (Å²) in [6, 6.07) is 7.72. The van der Waals surface area contributed by atoms with Crippen molar-refractivity contribution in [3.05, 3.63) is 29.8 Å². The molecule has 0 bridgehead atoms. The third-order valence-electron chi connectivity index (χ3n) is 3.16. The molecule has 2 nitrogen and oxygen atoms in total. The highest BCUT2D eigenvalue weighted by molar-refractivity contribution is 5.29. The fraction of sp³-hybridized carbons (Fsp3) is 0.600. The van der Waals surface area contributed by atoms with Crippen LogP contribution in [0.25, 0.3) is 0 Å². The van der Waals surface area contributed by atoms with Crippen LogP contribution in [0.1, 0.15) is 38.7 Å². The van der Waals surface area contributed by atoms with E-state index < -0.39 is 12.7 Å². The number of hydrogen-bond donors (Lipinski definition) is 1. The molecule has 1 aromatic carbocycles. The summed E-state index contributed by atoms with van der Waals surface area (Å²) in [5.74, 6) is 1.17. The maximum absolute atomic E-state index is 12.0. The zero-order chi connectivity index (χ0) is 15.2. The van der Waals surface area contributed by atoms with Gasteiger partial charge in [0.05, 0.1) is 6.54 Å². The van der Waals surface area contributed by atoms with E-state index in [2.05, 4.69) is 19.2 Å². The largest absolute Gasteiger partial charge is 0.489 e. The number of ether oxygens (including phenoxy) is 1. The molecule has 0 aliphatic rings. The Hall–Kier alpha value is -1.23. The Morgan fingerprint density at radius 1 is 1.15 bits per heavy atom. The van der Waals surface area contributed by atoms with Crippen LogP contribution >= 0.6 is 0 Å². The smallest absolute Gasteiger partial charge is 0.401 e. The van der Waals surface area contributed by atoms with Crippen molar-refractivity contribution in [2.45, 2.75) is 45.4 Å².